The van der Waals surface area contributed by atoms with E-state index in [2.05, 4.69) is 10.6 Å². The first-order valence-corrected chi connectivity index (χ1v) is 8.04. The van der Waals surface area contributed by atoms with Crippen molar-refractivity contribution in [2.24, 2.45) is 5.73 Å². The summed E-state index contributed by atoms with van der Waals surface area (Å²) in [5.41, 5.74) is 7.89. The summed E-state index contributed by atoms with van der Waals surface area (Å²) in [5, 5.41) is 6.86. The molecule has 0 aliphatic rings. The Morgan fingerprint density at radius 1 is 1.08 bits per heavy atom. The number of thiocarbonyl (C=S) groups is 1. The number of aryl methyl sites for hydroxylation is 1. The maximum atomic E-state index is 11.2. The number of hydrogen-bond acceptors (Lipinski definition) is 4. The van der Waals surface area contributed by atoms with Gasteiger partial charge in [0.2, 0.25) is 5.91 Å². The average molecular weight is 380 g/mol. The molecule has 0 aliphatic heterocycles. The predicted molar refractivity (Wildman–Crippen MR) is 104 cm³/mol. The molecule has 1 amide bonds. The zero-order chi connectivity index (χ0) is 18.6. The highest BCUT2D eigenvalue weighted by Crippen LogP contribution is 2.36. The second-order valence-electron chi connectivity index (χ2n) is 5.16. The number of rotatable bonds is 5. The van der Waals surface area contributed by atoms with Crippen molar-refractivity contribution >= 4 is 46.2 Å². The van der Waals surface area contributed by atoms with Crippen LogP contribution in [-0.2, 0) is 0 Å². The maximum absolute atomic E-state index is 11.2. The summed E-state index contributed by atoms with van der Waals surface area (Å²) in [6.45, 7) is 1.85. The van der Waals surface area contributed by atoms with Crippen LogP contribution in [0.3, 0.4) is 0 Å². The first-order valence-electron chi connectivity index (χ1n) is 7.25. The average Bonchev–Trinajstić information content (AvgIpc) is 2.56. The van der Waals surface area contributed by atoms with Crippen LogP contribution in [-0.4, -0.2) is 25.2 Å². The van der Waals surface area contributed by atoms with Crippen LogP contribution in [0.4, 0.5) is 11.4 Å². The summed E-state index contributed by atoms with van der Waals surface area (Å²) >= 11 is 11.5. The van der Waals surface area contributed by atoms with Crippen LogP contribution in [0.2, 0.25) is 5.02 Å². The molecule has 0 saturated heterocycles. The number of methoxy groups -OCH3 is 2. The smallest absolute Gasteiger partial charge is 0.248 e. The number of nitrogens with two attached hydrogens (primary N) is 1. The van der Waals surface area contributed by atoms with Gasteiger partial charge in [-0.15, -0.1) is 0 Å². The summed E-state index contributed by atoms with van der Waals surface area (Å²) in [5.74, 6) is 0.556. The van der Waals surface area contributed by atoms with Gasteiger partial charge in [-0.3, -0.25) is 4.79 Å². The summed E-state index contributed by atoms with van der Waals surface area (Å²) < 4.78 is 10.5. The van der Waals surface area contributed by atoms with Gasteiger partial charge in [0.1, 0.15) is 11.5 Å². The van der Waals surface area contributed by atoms with E-state index >= 15 is 0 Å². The molecule has 2 aromatic carbocycles. The molecule has 0 unspecified atom stereocenters. The molecule has 25 heavy (non-hydrogen) atoms. The van der Waals surface area contributed by atoms with E-state index in [1.54, 1.807) is 30.3 Å². The highest BCUT2D eigenvalue weighted by atomic mass is 35.5. The van der Waals surface area contributed by atoms with Crippen molar-refractivity contribution in [3.05, 3.63) is 46.5 Å². The van der Waals surface area contributed by atoms with Gasteiger partial charge >= 0.3 is 0 Å². The van der Waals surface area contributed by atoms with Crippen molar-refractivity contribution in [2.45, 2.75) is 6.92 Å². The zero-order valence-corrected chi connectivity index (χ0v) is 15.5. The van der Waals surface area contributed by atoms with Crippen LogP contribution < -0.4 is 25.8 Å². The third-order valence-corrected chi connectivity index (χ3v) is 3.98. The fourth-order valence-electron chi connectivity index (χ4n) is 2.19. The van der Waals surface area contributed by atoms with Crippen molar-refractivity contribution in [3.63, 3.8) is 0 Å². The lowest BCUT2D eigenvalue weighted by Gasteiger charge is -2.16. The molecule has 0 bridgehead atoms. The van der Waals surface area contributed by atoms with Crippen LogP contribution in [0, 0.1) is 6.92 Å². The molecule has 6 nitrogen and oxygen atoms in total. The van der Waals surface area contributed by atoms with Gasteiger partial charge in [0.05, 0.1) is 24.9 Å². The number of primary amides is 1. The van der Waals surface area contributed by atoms with Crippen molar-refractivity contribution in [3.8, 4) is 11.5 Å². The first kappa shape index (κ1) is 18.8. The minimum Gasteiger partial charge on any atom is -0.495 e. The van der Waals surface area contributed by atoms with E-state index < -0.39 is 5.91 Å². The predicted octanol–water partition coefficient (Wildman–Crippen LogP) is 3.57. The number of ether oxygens (including phenoxy) is 2. The number of amides is 1. The Morgan fingerprint density at radius 2 is 1.72 bits per heavy atom. The highest BCUT2D eigenvalue weighted by molar-refractivity contribution is 7.80. The van der Waals surface area contributed by atoms with Gasteiger partial charge < -0.3 is 25.8 Å². The van der Waals surface area contributed by atoms with Gasteiger partial charge in [0.15, 0.2) is 5.11 Å². The van der Waals surface area contributed by atoms with E-state index in [1.807, 2.05) is 6.92 Å². The molecule has 8 heteroatoms. The topological polar surface area (TPSA) is 85.6 Å². The molecule has 0 aromatic heterocycles. The number of hydrogen-bond donors (Lipinski definition) is 3. The van der Waals surface area contributed by atoms with E-state index in [1.165, 1.54) is 14.2 Å². The standard InChI is InChI=1S/C17H18ClN3O3S/c1-9-6-10(16(19)22)4-5-12(9)20-17(25)21-13-7-11(18)14(23-2)8-15(13)24-3/h4-8H,1-3H3,(H2,19,22)(H2,20,21,25). The fraction of sp³-hybridized carbons (Fsp3) is 0.176. The Labute approximate surface area is 156 Å². The second-order valence-corrected chi connectivity index (χ2v) is 5.98. The third kappa shape index (κ3) is 4.52. The Balaban J connectivity index is 2.18. The van der Waals surface area contributed by atoms with Gasteiger partial charge in [0, 0.05) is 17.3 Å². The summed E-state index contributed by atoms with van der Waals surface area (Å²) in [6, 6.07) is 8.39. The zero-order valence-electron chi connectivity index (χ0n) is 14.0. The molecule has 0 aliphatic carbocycles. The van der Waals surface area contributed by atoms with E-state index in [9.17, 15) is 4.79 Å². The van der Waals surface area contributed by atoms with Gasteiger partial charge in [-0.05, 0) is 49.0 Å². The van der Waals surface area contributed by atoms with Gasteiger partial charge in [0.25, 0.3) is 0 Å². The normalized spacial score (nSPS) is 10.1. The Hall–Kier alpha value is -2.51. The lowest BCUT2D eigenvalue weighted by atomic mass is 10.1. The summed E-state index contributed by atoms with van der Waals surface area (Å²) in [7, 11) is 3.06. The quantitative estimate of drug-likeness (QED) is 0.688. The number of benzene rings is 2. The molecule has 132 valence electrons. The molecule has 2 aromatic rings. The molecule has 0 saturated carbocycles. The van der Waals surface area contributed by atoms with Crippen LogP contribution in [0.25, 0.3) is 0 Å². The molecule has 4 N–H and O–H groups in total. The number of halogens is 1. The van der Waals surface area contributed by atoms with Crippen molar-refractivity contribution < 1.29 is 14.3 Å². The Bertz CT molecular complexity index is 827. The van der Waals surface area contributed by atoms with Crippen LogP contribution in [0.15, 0.2) is 30.3 Å². The summed E-state index contributed by atoms with van der Waals surface area (Å²) in [4.78, 5) is 11.2. The number of carbonyl (C=O) groups is 1. The minimum absolute atomic E-state index is 0.342. The molecule has 0 radical (unpaired) electrons. The Morgan fingerprint density at radius 3 is 2.28 bits per heavy atom. The van der Waals surface area contributed by atoms with Crippen LogP contribution in [0.5, 0.6) is 11.5 Å². The number of nitrogens with one attached hydrogen (secondary N) is 2. The lowest BCUT2D eigenvalue weighted by molar-refractivity contribution is 0.1000. The van der Waals surface area contributed by atoms with Crippen LogP contribution in [0.1, 0.15) is 15.9 Å². The molecule has 0 heterocycles. The third-order valence-electron chi connectivity index (χ3n) is 3.48. The second kappa shape index (κ2) is 8.04. The summed E-state index contributed by atoms with van der Waals surface area (Å²) in [6.07, 6.45) is 0. The molecular weight excluding hydrogens is 362 g/mol. The fourth-order valence-corrected chi connectivity index (χ4v) is 2.65. The molecular formula is C17H18ClN3O3S. The maximum Gasteiger partial charge on any atom is 0.248 e. The van der Waals surface area contributed by atoms with Crippen molar-refractivity contribution in [1.82, 2.24) is 0 Å². The van der Waals surface area contributed by atoms with Gasteiger partial charge in [-0.25, -0.2) is 0 Å². The molecule has 2 rings (SSSR count). The van der Waals surface area contributed by atoms with Crippen molar-refractivity contribution in [1.29, 1.82) is 0 Å². The highest BCUT2D eigenvalue weighted by Gasteiger charge is 2.12. The van der Waals surface area contributed by atoms with E-state index in [-0.39, 0.29) is 0 Å². The number of anilines is 2. The SMILES string of the molecule is COc1cc(OC)c(NC(=S)Nc2ccc(C(N)=O)cc2C)cc1Cl. The number of carbonyl (C=O) groups excluding carboxylic acids is 1. The lowest BCUT2D eigenvalue weighted by Crippen LogP contribution is -2.20. The molecule has 0 atom stereocenters. The first-order chi connectivity index (χ1) is 11.8. The largest absolute Gasteiger partial charge is 0.495 e. The van der Waals surface area contributed by atoms with Crippen molar-refractivity contribution in [2.75, 3.05) is 24.9 Å². The van der Waals surface area contributed by atoms with E-state index in [4.69, 9.17) is 39.0 Å². The van der Waals surface area contributed by atoms with E-state index in [0.29, 0.717) is 32.9 Å². The minimum atomic E-state index is -0.479. The van der Waals surface area contributed by atoms with Gasteiger partial charge in [-0.1, -0.05) is 11.6 Å². The van der Waals surface area contributed by atoms with Gasteiger partial charge in [-0.2, -0.15) is 0 Å². The molecule has 0 spiro atoms. The Kier molecular flexibility index (Phi) is 6.06. The van der Waals surface area contributed by atoms with Crippen LogP contribution >= 0.6 is 23.8 Å². The van der Waals surface area contributed by atoms with E-state index in [0.717, 1.165) is 11.3 Å². The molecule has 0 fully saturated rings. The monoisotopic (exact) mass is 379 g/mol.